The fraction of sp³-hybridized carbons (Fsp3) is 0.394. The highest BCUT2D eigenvalue weighted by molar-refractivity contribution is 7.13. The van der Waals surface area contributed by atoms with Crippen LogP contribution >= 0.6 is 22.9 Å². The number of carbonyl (C=O) groups excluding carboxylic acids is 2. The SMILES string of the molecule is O=C(Nc1nccs1)C(c1ncn2c1CCC2)N1Cc2c(Cl)cc(-c3ccc(C4CCN(C5CC5)CC4)cc3)cc2C1=O. The molecule has 10 heteroatoms. The highest BCUT2D eigenvalue weighted by atomic mass is 35.5. The van der Waals surface area contributed by atoms with E-state index in [0.29, 0.717) is 27.3 Å². The van der Waals surface area contributed by atoms with Gasteiger partial charge in [-0.3, -0.25) is 14.9 Å². The Labute approximate surface area is 259 Å². The normalized spacial score (nSPS) is 19.5. The lowest BCUT2D eigenvalue weighted by molar-refractivity contribution is -0.121. The lowest BCUT2D eigenvalue weighted by atomic mass is 9.88. The highest BCUT2D eigenvalue weighted by Crippen LogP contribution is 2.40. The first-order valence-corrected chi connectivity index (χ1v) is 16.5. The predicted octanol–water partition coefficient (Wildman–Crippen LogP) is 6.28. The van der Waals surface area contributed by atoms with Gasteiger partial charge in [-0.1, -0.05) is 35.9 Å². The molecule has 1 aliphatic carbocycles. The van der Waals surface area contributed by atoms with E-state index in [1.165, 1.54) is 55.7 Å². The number of imidazole rings is 1. The van der Waals surface area contributed by atoms with E-state index in [9.17, 15) is 9.59 Å². The molecule has 2 aromatic carbocycles. The molecule has 1 saturated heterocycles. The van der Waals surface area contributed by atoms with Crippen LogP contribution < -0.4 is 5.32 Å². The van der Waals surface area contributed by atoms with E-state index in [4.69, 9.17) is 11.6 Å². The molecule has 43 heavy (non-hydrogen) atoms. The molecule has 3 aliphatic heterocycles. The van der Waals surface area contributed by atoms with E-state index >= 15 is 0 Å². The zero-order valence-corrected chi connectivity index (χ0v) is 25.4. The van der Waals surface area contributed by atoms with Crippen molar-refractivity contribution in [1.82, 2.24) is 24.3 Å². The number of rotatable bonds is 7. The third-order valence-electron chi connectivity index (χ3n) is 9.60. The molecule has 1 N–H and O–H groups in total. The monoisotopic (exact) mass is 612 g/mol. The van der Waals surface area contributed by atoms with Gasteiger partial charge in [-0.25, -0.2) is 9.97 Å². The third-order valence-corrected chi connectivity index (χ3v) is 10.6. The van der Waals surface area contributed by atoms with Crippen LogP contribution in [0.5, 0.6) is 0 Å². The number of piperidine rings is 1. The summed E-state index contributed by atoms with van der Waals surface area (Å²) in [6, 6.07) is 12.6. The number of aromatic nitrogens is 3. The Bertz CT molecular complexity index is 1690. The average Bonchev–Trinajstić information content (AvgIpc) is 3.31. The van der Waals surface area contributed by atoms with Crippen LogP contribution in [0.1, 0.15) is 76.9 Å². The van der Waals surface area contributed by atoms with Crippen LogP contribution in [0.4, 0.5) is 5.13 Å². The molecular weight excluding hydrogens is 580 g/mol. The molecule has 220 valence electrons. The molecule has 2 amide bonds. The Morgan fingerprint density at radius 1 is 1.02 bits per heavy atom. The number of anilines is 1. The number of likely N-dealkylation sites (tertiary alicyclic amines) is 1. The Kier molecular flexibility index (Phi) is 6.84. The first kappa shape index (κ1) is 27.0. The van der Waals surface area contributed by atoms with Crippen LogP contribution in [0, 0.1) is 0 Å². The van der Waals surface area contributed by atoms with Gasteiger partial charge in [0.05, 0.1) is 12.0 Å². The van der Waals surface area contributed by atoms with E-state index in [0.717, 1.165) is 47.8 Å². The van der Waals surface area contributed by atoms with Crippen molar-refractivity contribution < 1.29 is 9.59 Å². The third kappa shape index (κ3) is 4.97. The van der Waals surface area contributed by atoms with Crippen LogP contribution in [0.15, 0.2) is 54.3 Å². The maximum atomic E-state index is 14.1. The number of benzene rings is 2. The number of carbonyl (C=O) groups is 2. The summed E-state index contributed by atoms with van der Waals surface area (Å²) in [5, 5.41) is 5.75. The van der Waals surface area contributed by atoms with Crippen LogP contribution in [0.25, 0.3) is 11.1 Å². The molecule has 5 heterocycles. The number of amides is 2. The summed E-state index contributed by atoms with van der Waals surface area (Å²) in [5.74, 6) is 0.0656. The first-order valence-electron chi connectivity index (χ1n) is 15.3. The van der Waals surface area contributed by atoms with Crippen molar-refractivity contribution >= 4 is 39.9 Å². The molecule has 2 aromatic heterocycles. The second-order valence-electron chi connectivity index (χ2n) is 12.2. The second-order valence-corrected chi connectivity index (χ2v) is 13.5. The summed E-state index contributed by atoms with van der Waals surface area (Å²) < 4.78 is 2.08. The van der Waals surface area contributed by atoms with E-state index in [-0.39, 0.29) is 18.4 Å². The van der Waals surface area contributed by atoms with Crippen molar-refractivity contribution in [2.24, 2.45) is 0 Å². The largest absolute Gasteiger partial charge is 0.334 e. The number of halogens is 1. The Morgan fingerprint density at radius 2 is 1.84 bits per heavy atom. The topological polar surface area (TPSA) is 83.4 Å². The second kappa shape index (κ2) is 10.9. The molecule has 4 aromatic rings. The molecule has 1 atom stereocenters. The van der Waals surface area contributed by atoms with Gasteiger partial charge in [0, 0.05) is 52.6 Å². The van der Waals surface area contributed by atoms with Crippen molar-refractivity contribution in [3.63, 3.8) is 0 Å². The number of nitrogens with zero attached hydrogens (tertiary/aromatic N) is 5. The highest BCUT2D eigenvalue weighted by Gasteiger charge is 2.42. The van der Waals surface area contributed by atoms with E-state index in [1.54, 1.807) is 22.8 Å². The zero-order chi connectivity index (χ0) is 29.1. The molecule has 0 bridgehead atoms. The standard InChI is InChI=1S/C33H33ClN6O2S/c34-27-17-23(21-5-3-20(4-6-21)22-9-13-38(14-10-22)24-7-8-24)16-25-26(27)18-40(32(25)42)30(31(41)37-33-35-11-15-43-33)29-28-2-1-12-39(28)19-36-29/h3-6,11,15-17,19,22,24,30H,1-2,7-10,12-14,18H2,(H,35,37,41). The summed E-state index contributed by atoms with van der Waals surface area (Å²) >= 11 is 8.20. The smallest absolute Gasteiger partial charge is 0.255 e. The molecule has 8 nitrogen and oxygen atoms in total. The van der Waals surface area contributed by atoms with Gasteiger partial charge in [-0.15, -0.1) is 11.3 Å². The van der Waals surface area contributed by atoms with Gasteiger partial charge in [-0.05, 0) is 86.4 Å². The number of aryl methyl sites for hydroxylation is 1. The molecule has 1 unspecified atom stereocenters. The van der Waals surface area contributed by atoms with Gasteiger partial charge in [0.2, 0.25) is 0 Å². The molecule has 4 aliphatic rings. The van der Waals surface area contributed by atoms with Gasteiger partial charge in [0.1, 0.15) is 0 Å². The fourth-order valence-corrected chi connectivity index (χ4v) is 7.96. The number of fused-ring (bicyclic) bond motifs is 2. The first-order chi connectivity index (χ1) is 21.0. The van der Waals surface area contributed by atoms with Gasteiger partial charge < -0.3 is 14.4 Å². The van der Waals surface area contributed by atoms with Crippen molar-refractivity contribution in [1.29, 1.82) is 0 Å². The number of hydrogen-bond acceptors (Lipinski definition) is 6. The lowest BCUT2D eigenvalue weighted by Crippen LogP contribution is -2.38. The minimum atomic E-state index is -0.886. The van der Waals surface area contributed by atoms with E-state index in [2.05, 4.69) is 49.0 Å². The number of hydrogen-bond donors (Lipinski definition) is 1. The van der Waals surface area contributed by atoms with E-state index < -0.39 is 6.04 Å². The Hall–Kier alpha value is -3.53. The van der Waals surface area contributed by atoms with Crippen LogP contribution in [-0.2, 0) is 24.3 Å². The summed E-state index contributed by atoms with van der Waals surface area (Å²) in [4.78, 5) is 40.9. The average molecular weight is 613 g/mol. The van der Waals surface area contributed by atoms with Crippen molar-refractivity contribution in [3.05, 3.63) is 87.4 Å². The van der Waals surface area contributed by atoms with Gasteiger partial charge in [0.25, 0.3) is 11.8 Å². The fourth-order valence-electron chi connectivity index (χ4n) is 7.15. The summed E-state index contributed by atoms with van der Waals surface area (Å²) in [6.45, 7) is 3.50. The zero-order valence-electron chi connectivity index (χ0n) is 23.8. The van der Waals surface area contributed by atoms with Crippen LogP contribution in [0.2, 0.25) is 5.02 Å². The molecule has 2 fully saturated rings. The quantitative estimate of drug-likeness (QED) is 0.265. The van der Waals surface area contributed by atoms with Gasteiger partial charge >= 0.3 is 0 Å². The van der Waals surface area contributed by atoms with Crippen molar-refractivity contribution in [2.75, 3.05) is 18.4 Å². The summed E-state index contributed by atoms with van der Waals surface area (Å²) in [5.41, 5.74) is 6.24. The molecule has 0 radical (unpaired) electrons. The maximum absolute atomic E-state index is 14.1. The summed E-state index contributed by atoms with van der Waals surface area (Å²) in [6.07, 6.45) is 10.4. The molecular formula is C33H33ClN6O2S. The predicted molar refractivity (Wildman–Crippen MR) is 167 cm³/mol. The minimum absolute atomic E-state index is 0.211. The van der Waals surface area contributed by atoms with E-state index in [1.807, 2.05) is 12.1 Å². The summed E-state index contributed by atoms with van der Waals surface area (Å²) in [7, 11) is 0. The Morgan fingerprint density at radius 3 is 2.58 bits per heavy atom. The van der Waals surface area contributed by atoms with Crippen LogP contribution in [-0.4, -0.2) is 55.3 Å². The van der Waals surface area contributed by atoms with Crippen molar-refractivity contribution in [2.45, 2.75) is 69.6 Å². The molecule has 0 spiro atoms. The Balaban J connectivity index is 1.06. The minimum Gasteiger partial charge on any atom is -0.334 e. The van der Waals surface area contributed by atoms with Gasteiger partial charge in [0.15, 0.2) is 11.2 Å². The van der Waals surface area contributed by atoms with Crippen molar-refractivity contribution in [3.8, 4) is 11.1 Å². The maximum Gasteiger partial charge on any atom is 0.255 e. The molecule has 1 saturated carbocycles. The molecule has 8 rings (SSSR count). The number of thiazole rings is 1. The van der Waals surface area contributed by atoms with Crippen LogP contribution in [0.3, 0.4) is 0 Å². The van der Waals surface area contributed by atoms with Gasteiger partial charge in [-0.2, -0.15) is 0 Å². The number of nitrogens with one attached hydrogen (secondary N) is 1. The lowest BCUT2D eigenvalue weighted by Gasteiger charge is -2.32.